The van der Waals surface area contributed by atoms with Crippen LogP contribution < -0.4 is 10.6 Å². The van der Waals surface area contributed by atoms with Crippen LogP contribution >= 0.6 is 0 Å². The van der Waals surface area contributed by atoms with Gasteiger partial charge in [0.15, 0.2) is 0 Å². The Kier molecular flexibility index (Phi) is 2.45. The van der Waals surface area contributed by atoms with E-state index in [0.717, 1.165) is 25.1 Å². The second-order valence-corrected chi connectivity index (χ2v) is 2.26. The van der Waals surface area contributed by atoms with Crippen LogP contribution in [0, 0.1) is 0 Å². The van der Waals surface area contributed by atoms with E-state index in [1.807, 2.05) is 6.08 Å². The molecule has 0 aliphatic carbocycles. The maximum Gasteiger partial charge on any atom is 0.246 e. The highest BCUT2D eigenvalue weighted by molar-refractivity contribution is 5.93. The van der Waals surface area contributed by atoms with Gasteiger partial charge in [0.05, 0.1) is 0 Å². The maximum absolute atomic E-state index is 11.0. The Morgan fingerprint density at radius 1 is 1.80 bits per heavy atom. The Balaban J connectivity index is 2.53. The highest BCUT2D eigenvalue weighted by Gasteiger charge is 2.08. The van der Waals surface area contributed by atoms with Crippen LogP contribution in [0.5, 0.6) is 0 Å². The van der Waals surface area contributed by atoms with Gasteiger partial charge in [0.1, 0.15) is 0 Å². The fourth-order valence-corrected chi connectivity index (χ4v) is 0.989. The average Bonchev–Trinajstić information content (AvgIpc) is 2.05. The SMILES string of the molecule is CNC(=O)C1=CCNCC1. The van der Waals surface area contributed by atoms with E-state index in [1.54, 1.807) is 7.05 Å². The first-order valence-corrected chi connectivity index (χ1v) is 3.46. The zero-order chi connectivity index (χ0) is 7.40. The van der Waals surface area contributed by atoms with Crippen molar-refractivity contribution in [1.29, 1.82) is 0 Å². The largest absolute Gasteiger partial charge is 0.355 e. The minimum atomic E-state index is 0.0569. The monoisotopic (exact) mass is 140 g/mol. The van der Waals surface area contributed by atoms with Crippen molar-refractivity contribution in [3.8, 4) is 0 Å². The molecule has 0 unspecified atom stereocenters. The number of hydrogen-bond acceptors (Lipinski definition) is 2. The standard InChI is InChI=1S/C7H12N2O/c1-8-7(10)6-2-4-9-5-3-6/h2,9H,3-5H2,1H3,(H,8,10). The highest BCUT2D eigenvalue weighted by atomic mass is 16.1. The summed E-state index contributed by atoms with van der Waals surface area (Å²) >= 11 is 0. The quantitative estimate of drug-likeness (QED) is 0.523. The van der Waals surface area contributed by atoms with E-state index >= 15 is 0 Å². The predicted octanol–water partition coefficient (Wildman–Crippen LogP) is -0.348. The fraction of sp³-hybridized carbons (Fsp3) is 0.571. The van der Waals surface area contributed by atoms with Crippen molar-refractivity contribution in [2.75, 3.05) is 20.1 Å². The summed E-state index contributed by atoms with van der Waals surface area (Å²) in [7, 11) is 1.66. The van der Waals surface area contributed by atoms with Gasteiger partial charge in [-0.3, -0.25) is 4.79 Å². The first-order valence-electron chi connectivity index (χ1n) is 3.46. The third kappa shape index (κ3) is 1.57. The van der Waals surface area contributed by atoms with Crippen molar-refractivity contribution in [3.63, 3.8) is 0 Å². The number of hydrogen-bond donors (Lipinski definition) is 2. The van der Waals surface area contributed by atoms with Gasteiger partial charge in [-0.05, 0) is 13.0 Å². The first-order chi connectivity index (χ1) is 4.84. The van der Waals surface area contributed by atoms with Gasteiger partial charge in [-0.2, -0.15) is 0 Å². The van der Waals surface area contributed by atoms with E-state index in [-0.39, 0.29) is 5.91 Å². The number of carbonyl (C=O) groups excluding carboxylic acids is 1. The predicted molar refractivity (Wildman–Crippen MR) is 39.6 cm³/mol. The maximum atomic E-state index is 11.0. The van der Waals surface area contributed by atoms with E-state index in [0.29, 0.717) is 0 Å². The summed E-state index contributed by atoms with van der Waals surface area (Å²) in [6, 6.07) is 0. The molecular weight excluding hydrogens is 128 g/mol. The summed E-state index contributed by atoms with van der Waals surface area (Å²) in [5.74, 6) is 0.0569. The lowest BCUT2D eigenvalue weighted by atomic mass is 10.1. The van der Waals surface area contributed by atoms with E-state index < -0.39 is 0 Å². The van der Waals surface area contributed by atoms with Gasteiger partial charge in [0, 0.05) is 19.2 Å². The Morgan fingerprint density at radius 3 is 3.10 bits per heavy atom. The molecule has 0 spiro atoms. The van der Waals surface area contributed by atoms with Crippen LogP contribution in [0.3, 0.4) is 0 Å². The minimum Gasteiger partial charge on any atom is -0.355 e. The molecule has 0 aromatic carbocycles. The zero-order valence-corrected chi connectivity index (χ0v) is 6.11. The fourth-order valence-electron chi connectivity index (χ4n) is 0.989. The van der Waals surface area contributed by atoms with Crippen LogP contribution in [0.25, 0.3) is 0 Å². The molecule has 3 heteroatoms. The minimum absolute atomic E-state index is 0.0569. The zero-order valence-electron chi connectivity index (χ0n) is 6.11. The van der Waals surface area contributed by atoms with E-state index in [4.69, 9.17) is 0 Å². The number of likely N-dealkylation sites (N-methyl/N-ethyl adjacent to an activating group) is 1. The van der Waals surface area contributed by atoms with Crippen molar-refractivity contribution in [2.24, 2.45) is 0 Å². The summed E-state index contributed by atoms with van der Waals surface area (Å²) < 4.78 is 0. The molecular formula is C7H12N2O. The van der Waals surface area contributed by atoms with Crippen molar-refractivity contribution in [2.45, 2.75) is 6.42 Å². The molecule has 0 aromatic rings. The molecule has 0 aromatic heterocycles. The molecule has 0 radical (unpaired) electrons. The summed E-state index contributed by atoms with van der Waals surface area (Å²) in [5, 5.41) is 5.74. The van der Waals surface area contributed by atoms with Crippen LogP contribution in [0.15, 0.2) is 11.6 Å². The van der Waals surface area contributed by atoms with Crippen LogP contribution in [0.1, 0.15) is 6.42 Å². The molecule has 1 heterocycles. The van der Waals surface area contributed by atoms with Crippen molar-refractivity contribution in [1.82, 2.24) is 10.6 Å². The Bertz CT molecular complexity index is 163. The Morgan fingerprint density at radius 2 is 2.60 bits per heavy atom. The van der Waals surface area contributed by atoms with E-state index in [1.165, 1.54) is 0 Å². The van der Waals surface area contributed by atoms with E-state index in [9.17, 15) is 4.79 Å². The lowest BCUT2D eigenvalue weighted by Crippen LogP contribution is -2.28. The topological polar surface area (TPSA) is 41.1 Å². The van der Waals surface area contributed by atoms with Gasteiger partial charge in [-0.15, -0.1) is 0 Å². The van der Waals surface area contributed by atoms with Crippen LogP contribution in [-0.2, 0) is 4.79 Å². The van der Waals surface area contributed by atoms with E-state index in [2.05, 4.69) is 10.6 Å². The van der Waals surface area contributed by atoms with Gasteiger partial charge in [0.2, 0.25) is 5.91 Å². The molecule has 1 aliphatic rings. The van der Waals surface area contributed by atoms with Crippen molar-refractivity contribution >= 4 is 5.91 Å². The molecule has 0 saturated heterocycles. The molecule has 2 N–H and O–H groups in total. The molecule has 1 aliphatic heterocycles. The van der Waals surface area contributed by atoms with Crippen molar-refractivity contribution < 1.29 is 4.79 Å². The lowest BCUT2D eigenvalue weighted by molar-refractivity contribution is -0.117. The lowest BCUT2D eigenvalue weighted by Gasteiger charge is -2.11. The molecule has 56 valence electrons. The number of rotatable bonds is 1. The van der Waals surface area contributed by atoms with Gasteiger partial charge >= 0.3 is 0 Å². The van der Waals surface area contributed by atoms with Crippen LogP contribution in [-0.4, -0.2) is 26.0 Å². The van der Waals surface area contributed by atoms with Gasteiger partial charge < -0.3 is 10.6 Å². The molecule has 0 atom stereocenters. The molecule has 3 nitrogen and oxygen atoms in total. The third-order valence-corrected chi connectivity index (χ3v) is 1.58. The first kappa shape index (κ1) is 7.28. The Hall–Kier alpha value is -0.830. The van der Waals surface area contributed by atoms with Gasteiger partial charge in [-0.1, -0.05) is 6.08 Å². The smallest absolute Gasteiger partial charge is 0.246 e. The van der Waals surface area contributed by atoms with Crippen LogP contribution in [0.2, 0.25) is 0 Å². The Labute approximate surface area is 60.5 Å². The van der Waals surface area contributed by atoms with Crippen molar-refractivity contribution in [3.05, 3.63) is 11.6 Å². The second-order valence-electron chi connectivity index (χ2n) is 2.26. The number of carbonyl (C=O) groups is 1. The molecule has 0 fully saturated rings. The summed E-state index contributed by atoms with van der Waals surface area (Å²) in [5.41, 5.74) is 0.904. The average molecular weight is 140 g/mol. The number of nitrogens with one attached hydrogen (secondary N) is 2. The normalized spacial score (nSPS) is 17.9. The molecule has 10 heavy (non-hydrogen) atoms. The van der Waals surface area contributed by atoms with Crippen LogP contribution in [0.4, 0.5) is 0 Å². The molecule has 1 amide bonds. The summed E-state index contributed by atoms with van der Waals surface area (Å²) in [6.07, 6.45) is 2.78. The molecule has 0 saturated carbocycles. The molecule has 1 rings (SSSR count). The highest BCUT2D eigenvalue weighted by Crippen LogP contribution is 2.02. The second kappa shape index (κ2) is 3.37. The summed E-state index contributed by atoms with van der Waals surface area (Å²) in [6.45, 7) is 1.74. The summed E-state index contributed by atoms with van der Waals surface area (Å²) in [4.78, 5) is 11.0. The van der Waals surface area contributed by atoms with Gasteiger partial charge in [0.25, 0.3) is 0 Å². The number of amides is 1. The third-order valence-electron chi connectivity index (χ3n) is 1.58. The molecule has 0 bridgehead atoms. The van der Waals surface area contributed by atoms with Gasteiger partial charge in [-0.25, -0.2) is 0 Å².